The number of hydrogen-bond acceptors (Lipinski definition) is 3. The normalized spacial score (nSPS) is 29.0. The lowest BCUT2D eigenvalue weighted by Gasteiger charge is -2.31. The Bertz CT molecular complexity index is 365. The van der Waals surface area contributed by atoms with Crippen LogP contribution in [-0.4, -0.2) is 61.1 Å². The van der Waals surface area contributed by atoms with Crippen LogP contribution < -0.4 is 10.6 Å². The van der Waals surface area contributed by atoms with E-state index in [0.29, 0.717) is 6.04 Å². The average Bonchev–Trinajstić information content (AvgIpc) is 2.54. The highest BCUT2D eigenvalue weighted by Crippen LogP contribution is 2.28. The van der Waals surface area contributed by atoms with E-state index in [1.807, 2.05) is 0 Å². The number of guanidine groups is 1. The summed E-state index contributed by atoms with van der Waals surface area (Å²) in [4.78, 5) is 7.34. The predicted molar refractivity (Wildman–Crippen MR) is 119 cm³/mol. The Kier molecular flexibility index (Phi) is 11.8. The van der Waals surface area contributed by atoms with Crippen molar-refractivity contribution in [1.29, 1.82) is 0 Å². The zero-order chi connectivity index (χ0) is 16.5. The Labute approximate surface area is 170 Å². The van der Waals surface area contributed by atoms with Gasteiger partial charge in [0.1, 0.15) is 0 Å². The molecule has 2 N–H and O–H groups in total. The van der Waals surface area contributed by atoms with Crippen molar-refractivity contribution in [3.05, 3.63) is 0 Å². The summed E-state index contributed by atoms with van der Waals surface area (Å²) in [5.41, 5.74) is 0. The Morgan fingerprint density at radius 2 is 2.04 bits per heavy atom. The van der Waals surface area contributed by atoms with Gasteiger partial charge in [0.2, 0.25) is 0 Å². The largest absolute Gasteiger partial charge is 0.357 e. The van der Waals surface area contributed by atoms with Crippen molar-refractivity contribution in [2.24, 2.45) is 10.9 Å². The van der Waals surface area contributed by atoms with E-state index in [0.717, 1.165) is 30.2 Å². The van der Waals surface area contributed by atoms with Gasteiger partial charge in [-0.05, 0) is 64.3 Å². The van der Waals surface area contributed by atoms with E-state index >= 15 is 0 Å². The fraction of sp³-hybridized carbons (Fsp3) is 0.944. The van der Waals surface area contributed by atoms with Gasteiger partial charge < -0.3 is 15.5 Å². The van der Waals surface area contributed by atoms with Crippen LogP contribution in [-0.2, 0) is 0 Å². The summed E-state index contributed by atoms with van der Waals surface area (Å²) in [5.74, 6) is 2.99. The van der Waals surface area contributed by atoms with Gasteiger partial charge in [-0.15, -0.1) is 24.0 Å². The Morgan fingerprint density at radius 3 is 2.75 bits per heavy atom. The molecule has 2 rings (SSSR count). The minimum atomic E-state index is 0. The van der Waals surface area contributed by atoms with Crippen molar-refractivity contribution in [2.45, 2.75) is 63.7 Å². The van der Waals surface area contributed by atoms with Crippen molar-refractivity contribution >= 4 is 41.7 Å². The van der Waals surface area contributed by atoms with Crippen LogP contribution in [0.1, 0.15) is 52.4 Å². The number of piperidine rings is 1. The lowest BCUT2D eigenvalue weighted by Crippen LogP contribution is -2.46. The maximum absolute atomic E-state index is 4.90. The number of nitrogens with one attached hydrogen (secondary N) is 2. The molecule has 2 fully saturated rings. The van der Waals surface area contributed by atoms with Crippen molar-refractivity contribution in [3.63, 3.8) is 0 Å². The van der Waals surface area contributed by atoms with Gasteiger partial charge in [0, 0.05) is 30.9 Å². The molecular formula is C18H37IN4S. The minimum Gasteiger partial charge on any atom is -0.357 e. The third-order valence-corrected chi connectivity index (χ3v) is 6.18. The molecule has 3 atom stereocenters. The van der Waals surface area contributed by atoms with Gasteiger partial charge in [-0.25, -0.2) is 0 Å². The van der Waals surface area contributed by atoms with Gasteiger partial charge in [-0.3, -0.25) is 4.99 Å². The van der Waals surface area contributed by atoms with Gasteiger partial charge in [0.15, 0.2) is 5.96 Å². The molecular weight excluding hydrogens is 431 g/mol. The first-order valence-electron chi connectivity index (χ1n) is 9.56. The summed E-state index contributed by atoms with van der Waals surface area (Å²) in [6.07, 6.45) is 7.96. The summed E-state index contributed by atoms with van der Waals surface area (Å²) in [7, 11) is 2.23. The molecule has 1 saturated heterocycles. The van der Waals surface area contributed by atoms with Crippen LogP contribution in [0.25, 0.3) is 0 Å². The number of thioether (sulfide) groups is 1. The summed E-state index contributed by atoms with van der Waals surface area (Å²) in [6, 6.07) is 0.597. The first-order chi connectivity index (χ1) is 11.2. The summed E-state index contributed by atoms with van der Waals surface area (Å²) in [5, 5.41) is 7.99. The number of nitrogens with zero attached hydrogens (tertiary/aromatic N) is 2. The van der Waals surface area contributed by atoms with E-state index < -0.39 is 0 Å². The van der Waals surface area contributed by atoms with Crippen molar-refractivity contribution in [1.82, 2.24) is 15.5 Å². The van der Waals surface area contributed by atoms with Crippen LogP contribution in [0.2, 0.25) is 0 Å². The van der Waals surface area contributed by atoms with Crippen LogP contribution >= 0.6 is 35.7 Å². The molecule has 1 saturated carbocycles. The van der Waals surface area contributed by atoms with E-state index in [-0.39, 0.29) is 24.0 Å². The molecule has 6 heteroatoms. The van der Waals surface area contributed by atoms with Crippen LogP contribution in [0.3, 0.4) is 0 Å². The van der Waals surface area contributed by atoms with E-state index in [4.69, 9.17) is 4.99 Å². The molecule has 142 valence electrons. The molecule has 0 bridgehead atoms. The summed E-state index contributed by atoms with van der Waals surface area (Å²) in [6.45, 7) is 8.77. The number of aliphatic imine (C=N–C) groups is 1. The lowest BCUT2D eigenvalue weighted by molar-refractivity contribution is 0.214. The lowest BCUT2D eigenvalue weighted by atomic mass is 9.95. The first-order valence-corrected chi connectivity index (χ1v) is 10.6. The predicted octanol–water partition coefficient (Wildman–Crippen LogP) is 3.57. The Balaban J connectivity index is 0.00000288. The van der Waals surface area contributed by atoms with Crippen molar-refractivity contribution in [3.8, 4) is 0 Å². The molecule has 1 aliphatic carbocycles. The number of hydrogen-bond donors (Lipinski definition) is 2. The number of halogens is 1. The maximum atomic E-state index is 4.90. The highest BCUT2D eigenvalue weighted by Gasteiger charge is 2.23. The molecule has 0 radical (unpaired) electrons. The highest BCUT2D eigenvalue weighted by molar-refractivity contribution is 14.0. The minimum absolute atomic E-state index is 0. The number of rotatable bonds is 6. The zero-order valence-electron chi connectivity index (χ0n) is 15.7. The van der Waals surface area contributed by atoms with Crippen molar-refractivity contribution < 1.29 is 0 Å². The van der Waals surface area contributed by atoms with Gasteiger partial charge in [0.05, 0.1) is 0 Å². The van der Waals surface area contributed by atoms with Gasteiger partial charge in [-0.1, -0.05) is 13.3 Å². The molecule has 1 heterocycles. The molecule has 0 amide bonds. The van der Waals surface area contributed by atoms with Crippen molar-refractivity contribution in [2.75, 3.05) is 39.0 Å². The van der Waals surface area contributed by atoms with Gasteiger partial charge >= 0.3 is 0 Å². The summed E-state index contributed by atoms with van der Waals surface area (Å²) < 4.78 is 0. The Hall–Kier alpha value is 0.310. The smallest absolute Gasteiger partial charge is 0.191 e. The summed E-state index contributed by atoms with van der Waals surface area (Å²) >= 11 is 2.13. The first kappa shape index (κ1) is 22.4. The second-order valence-electron chi connectivity index (χ2n) is 7.08. The standard InChI is InChI=1S/C18H36N4S.HI/c1-4-19-18(20-13-15-8-7-11-22(3)14-15)21-16-9-6-10-17(12-16)23-5-2;/h15-17H,4-14H2,1-3H3,(H2,19,20,21);1H. The van der Waals surface area contributed by atoms with Crippen LogP contribution in [0.4, 0.5) is 0 Å². The molecule has 0 aromatic rings. The molecule has 1 aliphatic heterocycles. The fourth-order valence-corrected chi connectivity index (χ4v) is 4.99. The van der Waals surface area contributed by atoms with E-state index in [1.54, 1.807) is 0 Å². The third-order valence-electron chi connectivity index (χ3n) is 4.94. The topological polar surface area (TPSA) is 39.7 Å². The van der Waals surface area contributed by atoms with E-state index in [9.17, 15) is 0 Å². The van der Waals surface area contributed by atoms with E-state index in [2.05, 4.69) is 48.2 Å². The number of likely N-dealkylation sites (tertiary alicyclic amines) is 1. The second kappa shape index (κ2) is 12.6. The maximum Gasteiger partial charge on any atom is 0.191 e. The molecule has 2 aliphatic rings. The third kappa shape index (κ3) is 8.13. The van der Waals surface area contributed by atoms with Gasteiger partial charge in [-0.2, -0.15) is 11.8 Å². The average molecular weight is 468 g/mol. The zero-order valence-corrected chi connectivity index (χ0v) is 18.9. The molecule has 4 nitrogen and oxygen atoms in total. The fourth-order valence-electron chi connectivity index (χ4n) is 3.82. The SMILES string of the molecule is CCNC(=NCC1CCCN(C)C1)NC1CCCC(SCC)C1.I. The molecule has 24 heavy (non-hydrogen) atoms. The highest BCUT2D eigenvalue weighted by atomic mass is 127. The molecule has 3 unspecified atom stereocenters. The molecule has 0 aromatic heterocycles. The quantitative estimate of drug-likeness (QED) is 0.355. The van der Waals surface area contributed by atoms with Crippen LogP contribution in [0.15, 0.2) is 4.99 Å². The second-order valence-corrected chi connectivity index (χ2v) is 8.65. The van der Waals surface area contributed by atoms with Crippen LogP contribution in [0, 0.1) is 5.92 Å². The van der Waals surface area contributed by atoms with Crippen LogP contribution in [0.5, 0.6) is 0 Å². The Morgan fingerprint density at radius 1 is 1.21 bits per heavy atom. The monoisotopic (exact) mass is 468 g/mol. The molecule has 0 aromatic carbocycles. The van der Waals surface area contributed by atoms with Gasteiger partial charge in [0.25, 0.3) is 0 Å². The molecule has 0 spiro atoms. The van der Waals surface area contributed by atoms with E-state index in [1.165, 1.54) is 57.4 Å².